The number of hydrogen-bond donors (Lipinski definition) is 1. The van der Waals surface area contributed by atoms with E-state index in [2.05, 4.69) is 15.3 Å². The molecule has 0 bridgehead atoms. The number of ether oxygens (including phenoxy) is 1. The Kier molecular flexibility index (Phi) is 5.03. The number of pyridine rings is 1. The molecule has 4 rings (SSSR count). The molecule has 1 aromatic heterocycles. The van der Waals surface area contributed by atoms with E-state index in [0.29, 0.717) is 11.5 Å². The lowest BCUT2D eigenvalue weighted by atomic mass is 10.0. The van der Waals surface area contributed by atoms with E-state index in [0.717, 1.165) is 18.2 Å². The van der Waals surface area contributed by atoms with E-state index >= 15 is 0 Å². The number of urea groups is 1. The van der Waals surface area contributed by atoms with Crippen molar-refractivity contribution in [3.8, 4) is 5.88 Å². The number of benzene rings is 1. The molecule has 1 aromatic carbocycles. The van der Waals surface area contributed by atoms with Crippen molar-refractivity contribution >= 4 is 17.7 Å². The van der Waals surface area contributed by atoms with Crippen LogP contribution >= 0.6 is 0 Å². The molecule has 0 radical (unpaired) electrons. The number of nitrogens with zero attached hydrogens (tertiary/aromatic N) is 4. The highest BCUT2D eigenvalue weighted by Crippen LogP contribution is 2.39. The molecule has 1 fully saturated rings. The van der Waals surface area contributed by atoms with Crippen LogP contribution in [0.4, 0.5) is 28.0 Å². The first-order valence-corrected chi connectivity index (χ1v) is 9.19. The molecule has 0 aliphatic carbocycles. The fraction of sp³-hybridized carbons (Fsp3) is 0.250. The summed E-state index contributed by atoms with van der Waals surface area (Å²) >= 11 is 0. The van der Waals surface area contributed by atoms with Crippen LogP contribution in [0.3, 0.4) is 0 Å². The van der Waals surface area contributed by atoms with E-state index < -0.39 is 35.3 Å². The topological polar surface area (TPSA) is 70.1 Å². The molecule has 2 amide bonds. The molecule has 0 spiro atoms. The number of methoxy groups -OCH3 is 1. The van der Waals surface area contributed by atoms with Crippen molar-refractivity contribution in [1.82, 2.24) is 20.1 Å². The van der Waals surface area contributed by atoms with Gasteiger partial charge in [-0.3, -0.25) is 15.1 Å². The average Bonchev–Trinajstić information content (AvgIpc) is 3.17. The maximum absolute atomic E-state index is 14.2. The van der Waals surface area contributed by atoms with Crippen LogP contribution in [0.5, 0.6) is 5.88 Å². The summed E-state index contributed by atoms with van der Waals surface area (Å²) in [5.41, 5.74) is 0.606. The first-order valence-electron chi connectivity index (χ1n) is 9.19. The van der Waals surface area contributed by atoms with Gasteiger partial charge in [-0.05, 0) is 37.1 Å². The Morgan fingerprint density at radius 1 is 1.16 bits per heavy atom. The van der Waals surface area contributed by atoms with Crippen LogP contribution in [-0.2, 0) is 0 Å². The molecule has 3 heterocycles. The number of hydrogen-bond acceptors (Lipinski definition) is 4. The maximum Gasteiger partial charge on any atom is 0.329 e. The van der Waals surface area contributed by atoms with E-state index in [9.17, 15) is 22.4 Å². The van der Waals surface area contributed by atoms with Crippen molar-refractivity contribution in [2.24, 2.45) is 4.99 Å². The number of amides is 2. The quantitative estimate of drug-likeness (QED) is 0.587. The molecule has 1 N–H and O–H groups in total. The first kappa shape index (κ1) is 20.6. The lowest BCUT2D eigenvalue weighted by Crippen LogP contribution is -2.56. The van der Waals surface area contributed by atoms with Gasteiger partial charge in [-0.1, -0.05) is 0 Å². The van der Waals surface area contributed by atoms with E-state index in [1.165, 1.54) is 24.0 Å². The maximum atomic E-state index is 14.2. The van der Waals surface area contributed by atoms with Crippen molar-refractivity contribution < 1.29 is 27.1 Å². The molecule has 2 aromatic rings. The standard InChI is InChI=1S/C20H17F4N5O2/c1-9-14(8-13(23)18(25-9)31-3)26-19-27-20(30)28(2)16-5-4-15(29(16)19)10-6-11(21)17(24)12(22)7-10/h5-8,15H,4H2,1-3H3,(H,26,27,30). The smallest absolute Gasteiger partial charge is 0.329 e. The molecule has 11 heteroatoms. The molecule has 162 valence electrons. The number of nitrogens with one attached hydrogen (secondary N) is 1. The first-order chi connectivity index (χ1) is 14.7. The Balaban J connectivity index is 1.81. The average molecular weight is 435 g/mol. The minimum atomic E-state index is -1.57. The summed E-state index contributed by atoms with van der Waals surface area (Å²) in [5, 5.41) is 2.58. The minimum Gasteiger partial charge on any atom is -0.479 e. The zero-order valence-electron chi connectivity index (χ0n) is 16.7. The highest BCUT2D eigenvalue weighted by molar-refractivity contribution is 6.02. The van der Waals surface area contributed by atoms with Crippen LogP contribution in [0.1, 0.15) is 23.7 Å². The van der Waals surface area contributed by atoms with Gasteiger partial charge >= 0.3 is 6.03 Å². The van der Waals surface area contributed by atoms with Crippen LogP contribution in [0.15, 0.2) is 35.1 Å². The van der Waals surface area contributed by atoms with Gasteiger partial charge in [0, 0.05) is 13.1 Å². The summed E-state index contributed by atoms with van der Waals surface area (Å²) in [6.45, 7) is 1.58. The number of rotatable bonds is 3. The Morgan fingerprint density at radius 3 is 2.48 bits per heavy atom. The number of carbonyl (C=O) groups is 1. The molecule has 0 saturated carbocycles. The highest BCUT2D eigenvalue weighted by Gasteiger charge is 2.40. The van der Waals surface area contributed by atoms with Gasteiger partial charge < -0.3 is 4.74 Å². The fourth-order valence-corrected chi connectivity index (χ4v) is 3.53. The normalized spacial score (nSPS) is 19.5. The number of fused-ring (bicyclic) bond motifs is 1. The Morgan fingerprint density at radius 2 is 1.84 bits per heavy atom. The lowest BCUT2D eigenvalue weighted by molar-refractivity contribution is 0.199. The highest BCUT2D eigenvalue weighted by atomic mass is 19.2. The number of carbonyl (C=O) groups excluding carboxylic acids is 1. The number of halogens is 4. The summed E-state index contributed by atoms with van der Waals surface area (Å²) < 4.78 is 60.1. The second-order valence-electron chi connectivity index (χ2n) is 6.99. The number of aliphatic imine (C=N–C) groups is 1. The lowest BCUT2D eigenvalue weighted by Gasteiger charge is -2.38. The molecular weight excluding hydrogens is 418 g/mol. The van der Waals surface area contributed by atoms with Crippen LogP contribution < -0.4 is 10.1 Å². The molecule has 7 nitrogen and oxygen atoms in total. The van der Waals surface area contributed by atoms with Crippen molar-refractivity contribution in [2.75, 3.05) is 14.2 Å². The molecule has 2 aliphatic rings. The zero-order valence-corrected chi connectivity index (χ0v) is 16.7. The molecule has 2 aliphatic heterocycles. The van der Waals surface area contributed by atoms with Gasteiger partial charge in [0.1, 0.15) is 5.82 Å². The van der Waals surface area contributed by atoms with Crippen molar-refractivity contribution in [2.45, 2.75) is 19.4 Å². The Hall–Kier alpha value is -3.63. The van der Waals surface area contributed by atoms with Crippen LogP contribution in [0, 0.1) is 30.2 Å². The Labute approximate surface area is 174 Å². The van der Waals surface area contributed by atoms with E-state index in [4.69, 9.17) is 4.74 Å². The van der Waals surface area contributed by atoms with E-state index in [1.54, 1.807) is 13.0 Å². The van der Waals surface area contributed by atoms with E-state index in [-0.39, 0.29) is 29.5 Å². The van der Waals surface area contributed by atoms with Crippen LogP contribution in [0.25, 0.3) is 0 Å². The SMILES string of the molecule is COc1nc(C)c(N=C2NC(=O)N(C)C3=CCC(c4cc(F)c(F)c(F)c4)N32)cc1F. The van der Waals surface area contributed by atoms with Gasteiger partial charge in [0.2, 0.25) is 11.8 Å². The van der Waals surface area contributed by atoms with Crippen LogP contribution in [-0.4, -0.2) is 40.9 Å². The zero-order chi connectivity index (χ0) is 22.4. The van der Waals surface area contributed by atoms with E-state index in [1.807, 2.05) is 0 Å². The Bertz CT molecular complexity index is 1130. The fourth-order valence-electron chi connectivity index (χ4n) is 3.53. The van der Waals surface area contributed by atoms with Gasteiger partial charge in [-0.2, -0.15) is 0 Å². The number of guanidine groups is 1. The summed E-state index contributed by atoms with van der Waals surface area (Å²) in [4.78, 5) is 23.5. The van der Waals surface area contributed by atoms with Crippen molar-refractivity contribution in [3.63, 3.8) is 0 Å². The molecule has 1 unspecified atom stereocenters. The predicted molar refractivity (Wildman–Crippen MR) is 102 cm³/mol. The van der Waals surface area contributed by atoms with Gasteiger partial charge in [-0.25, -0.2) is 32.3 Å². The van der Waals surface area contributed by atoms with Gasteiger partial charge in [0.25, 0.3) is 0 Å². The predicted octanol–water partition coefficient (Wildman–Crippen LogP) is 3.89. The molecular formula is C20H17F4N5O2. The number of aromatic nitrogens is 1. The third-order valence-corrected chi connectivity index (χ3v) is 5.10. The summed E-state index contributed by atoms with van der Waals surface area (Å²) in [7, 11) is 2.79. The second-order valence-corrected chi connectivity index (χ2v) is 6.99. The molecule has 1 saturated heterocycles. The van der Waals surface area contributed by atoms with Gasteiger partial charge in [0.05, 0.1) is 24.5 Å². The minimum absolute atomic E-state index is 0.0106. The third kappa shape index (κ3) is 3.45. The third-order valence-electron chi connectivity index (χ3n) is 5.10. The largest absolute Gasteiger partial charge is 0.479 e. The summed E-state index contributed by atoms with van der Waals surface area (Å²) in [6, 6.07) is 1.71. The second kappa shape index (κ2) is 7.56. The number of aryl methyl sites for hydroxylation is 1. The van der Waals surface area contributed by atoms with Gasteiger partial charge in [0.15, 0.2) is 23.3 Å². The monoisotopic (exact) mass is 435 g/mol. The molecule has 1 atom stereocenters. The van der Waals surface area contributed by atoms with Crippen LogP contribution in [0.2, 0.25) is 0 Å². The van der Waals surface area contributed by atoms with Crippen molar-refractivity contribution in [1.29, 1.82) is 0 Å². The summed E-state index contributed by atoms with van der Waals surface area (Å²) in [5.74, 6) is -4.74. The molecule has 31 heavy (non-hydrogen) atoms. The summed E-state index contributed by atoms with van der Waals surface area (Å²) in [6.07, 6.45) is 1.96. The van der Waals surface area contributed by atoms with Gasteiger partial charge in [-0.15, -0.1) is 0 Å². The van der Waals surface area contributed by atoms with Crippen molar-refractivity contribution in [3.05, 3.63) is 64.6 Å².